The van der Waals surface area contributed by atoms with Gasteiger partial charge < -0.3 is 9.47 Å². The van der Waals surface area contributed by atoms with E-state index in [2.05, 4.69) is 12.1 Å². The quantitative estimate of drug-likeness (QED) is 0.267. The van der Waals surface area contributed by atoms with Crippen LogP contribution in [0.3, 0.4) is 0 Å². The number of benzene rings is 3. The van der Waals surface area contributed by atoms with Crippen molar-refractivity contribution in [2.75, 3.05) is 19.2 Å². The van der Waals surface area contributed by atoms with Gasteiger partial charge in [0.15, 0.2) is 0 Å². The molecule has 2 heterocycles. The largest absolute Gasteiger partial charge is 0.497 e. The summed E-state index contributed by atoms with van der Waals surface area (Å²) in [7, 11) is 3.32. The predicted molar refractivity (Wildman–Crippen MR) is 140 cm³/mol. The van der Waals surface area contributed by atoms with Crippen molar-refractivity contribution in [2.45, 2.75) is 12.5 Å². The summed E-state index contributed by atoms with van der Waals surface area (Å²) in [6, 6.07) is 22.4. The third-order valence-electron chi connectivity index (χ3n) is 5.66. The number of ether oxygens (including phenoxy) is 2. The van der Waals surface area contributed by atoms with Crippen LogP contribution < -0.4 is 14.5 Å². The maximum atomic E-state index is 13.3. The number of halogens is 2. The molecule has 0 aliphatic carbocycles. The average Bonchev–Trinajstić information content (AvgIpc) is 3.52. The Morgan fingerprint density at radius 1 is 0.853 bits per heavy atom. The second-order valence-electron chi connectivity index (χ2n) is 7.64. The van der Waals surface area contributed by atoms with E-state index in [9.17, 15) is 4.39 Å². The first kappa shape index (κ1) is 23.9. The first-order chi connectivity index (χ1) is 16.1. The highest BCUT2D eigenvalue weighted by atomic mass is 79.9. The predicted octanol–water partition coefficient (Wildman–Crippen LogP) is 6.90. The number of anilines is 1. The summed E-state index contributed by atoms with van der Waals surface area (Å²) in [6.07, 6.45) is 0.740. The van der Waals surface area contributed by atoms with Gasteiger partial charge in [0.05, 0.1) is 31.7 Å². The number of thiazole rings is 1. The molecule has 0 saturated carbocycles. The number of aromatic nitrogens is 1. The van der Waals surface area contributed by atoms with Gasteiger partial charge in [0.1, 0.15) is 17.3 Å². The highest BCUT2D eigenvalue weighted by Crippen LogP contribution is 2.40. The SMILES string of the molecule is Br.COc1ccc(C2=NN(c3nc(-c4ccc(F)cc4)cs3)C(c3ccc(OC)cc3)C2)cc1. The van der Waals surface area contributed by atoms with Gasteiger partial charge in [-0.05, 0) is 71.8 Å². The van der Waals surface area contributed by atoms with Crippen molar-refractivity contribution in [1.82, 2.24) is 4.98 Å². The highest BCUT2D eigenvalue weighted by Gasteiger charge is 2.31. The fourth-order valence-electron chi connectivity index (χ4n) is 3.85. The molecule has 8 heteroatoms. The monoisotopic (exact) mass is 539 g/mol. The number of rotatable bonds is 6. The van der Waals surface area contributed by atoms with Crippen LogP contribution in [0.15, 0.2) is 83.3 Å². The molecule has 0 fully saturated rings. The van der Waals surface area contributed by atoms with Crippen molar-refractivity contribution in [3.8, 4) is 22.8 Å². The molecule has 0 bridgehead atoms. The van der Waals surface area contributed by atoms with Gasteiger partial charge in [0.2, 0.25) is 5.13 Å². The van der Waals surface area contributed by atoms with Gasteiger partial charge in [-0.2, -0.15) is 5.10 Å². The average molecular weight is 540 g/mol. The van der Waals surface area contributed by atoms with Gasteiger partial charge in [-0.1, -0.05) is 12.1 Å². The van der Waals surface area contributed by atoms with Crippen molar-refractivity contribution < 1.29 is 13.9 Å². The van der Waals surface area contributed by atoms with Gasteiger partial charge in [0.25, 0.3) is 0 Å². The van der Waals surface area contributed by atoms with E-state index >= 15 is 0 Å². The zero-order valence-electron chi connectivity index (χ0n) is 18.6. The Hall–Kier alpha value is -3.23. The number of methoxy groups -OCH3 is 2. The van der Waals surface area contributed by atoms with Crippen LogP contribution in [0, 0.1) is 5.82 Å². The van der Waals surface area contributed by atoms with Crippen molar-refractivity contribution in [2.24, 2.45) is 5.10 Å². The molecule has 0 saturated heterocycles. The first-order valence-electron chi connectivity index (χ1n) is 10.5. The zero-order valence-corrected chi connectivity index (χ0v) is 21.2. The molecule has 1 unspecified atom stereocenters. The summed E-state index contributed by atoms with van der Waals surface area (Å²) in [6.45, 7) is 0. The zero-order chi connectivity index (χ0) is 22.8. The lowest BCUT2D eigenvalue weighted by Gasteiger charge is -2.21. The Morgan fingerprint density at radius 3 is 2.06 bits per heavy atom. The van der Waals surface area contributed by atoms with Crippen LogP contribution in [-0.4, -0.2) is 24.9 Å². The standard InChI is InChI=1S/C26H22FN3O2S.BrH/c1-31-21-11-5-17(6-12-21)23-15-25(19-7-13-22(32-2)14-8-19)30(29-23)26-28-24(16-33-26)18-3-9-20(27)10-4-18;/h3-14,16,25H,15H2,1-2H3;1H. The molecular weight excluding hydrogens is 517 g/mol. The Morgan fingerprint density at radius 2 is 1.44 bits per heavy atom. The third-order valence-corrected chi connectivity index (χ3v) is 6.49. The molecular formula is C26H23BrFN3O2S. The minimum absolute atomic E-state index is 0. The van der Waals surface area contributed by atoms with Crippen molar-refractivity contribution >= 4 is 39.2 Å². The van der Waals surface area contributed by atoms with Crippen LogP contribution in [0.25, 0.3) is 11.3 Å². The molecule has 174 valence electrons. The molecule has 0 spiro atoms. The smallest absolute Gasteiger partial charge is 0.207 e. The van der Waals surface area contributed by atoms with E-state index < -0.39 is 0 Å². The van der Waals surface area contributed by atoms with Crippen molar-refractivity contribution in [3.63, 3.8) is 0 Å². The van der Waals surface area contributed by atoms with E-state index in [1.807, 2.05) is 46.8 Å². The molecule has 1 aliphatic rings. The molecule has 5 rings (SSSR count). The molecule has 1 atom stereocenters. The Bertz CT molecular complexity index is 1270. The summed E-state index contributed by atoms with van der Waals surface area (Å²) < 4.78 is 24.0. The summed E-state index contributed by atoms with van der Waals surface area (Å²) in [5.41, 5.74) is 4.83. The Kier molecular flexibility index (Phi) is 7.29. The molecule has 1 aliphatic heterocycles. The fourth-order valence-corrected chi connectivity index (χ4v) is 4.69. The van der Waals surface area contributed by atoms with Crippen LogP contribution in [0.4, 0.5) is 9.52 Å². The maximum Gasteiger partial charge on any atom is 0.207 e. The lowest BCUT2D eigenvalue weighted by molar-refractivity contribution is 0.414. The maximum absolute atomic E-state index is 13.3. The Labute approximate surface area is 212 Å². The molecule has 3 aromatic carbocycles. The minimum atomic E-state index is -0.262. The molecule has 34 heavy (non-hydrogen) atoms. The number of hydrazone groups is 1. The second kappa shape index (κ2) is 10.4. The van der Waals surface area contributed by atoms with E-state index in [0.29, 0.717) is 0 Å². The molecule has 5 nitrogen and oxygen atoms in total. The third kappa shape index (κ3) is 4.83. The van der Waals surface area contributed by atoms with Gasteiger partial charge in [-0.25, -0.2) is 14.4 Å². The molecule has 0 radical (unpaired) electrons. The van der Waals surface area contributed by atoms with Crippen LogP contribution in [0.2, 0.25) is 0 Å². The summed E-state index contributed by atoms with van der Waals surface area (Å²) >= 11 is 1.52. The summed E-state index contributed by atoms with van der Waals surface area (Å²) in [5.74, 6) is 1.36. The summed E-state index contributed by atoms with van der Waals surface area (Å²) in [4.78, 5) is 4.83. The Balaban J connectivity index is 0.00000274. The lowest BCUT2D eigenvalue weighted by atomic mass is 9.98. The van der Waals surface area contributed by atoms with E-state index in [4.69, 9.17) is 19.6 Å². The van der Waals surface area contributed by atoms with Gasteiger partial charge in [0, 0.05) is 17.4 Å². The van der Waals surface area contributed by atoms with Gasteiger partial charge in [-0.3, -0.25) is 0 Å². The van der Waals surface area contributed by atoms with Crippen LogP contribution in [0.1, 0.15) is 23.6 Å². The normalized spacial score (nSPS) is 15.0. The number of hydrogen-bond donors (Lipinski definition) is 0. The van der Waals surface area contributed by atoms with Gasteiger partial charge in [-0.15, -0.1) is 28.3 Å². The van der Waals surface area contributed by atoms with Crippen LogP contribution >= 0.6 is 28.3 Å². The topological polar surface area (TPSA) is 47.0 Å². The van der Waals surface area contributed by atoms with E-state index in [1.165, 1.54) is 23.5 Å². The van der Waals surface area contributed by atoms with Crippen molar-refractivity contribution in [1.29, 1.82) is 0 Å². The highest BCUT2D eigenvalue weighted by molar-refractivity contribution is 8.93. The minimum Gasteiger partial charge on any atom is -0.497 e. The first-order valence-corrected chi connectivity index (χ1v) is 11.4. The molecule has 4 aromatic rings. The number of nitrogens with zero attached hydrogens (tertiary/aromatic N) is 3. The van der Waals surface area contributed by atoms with E-state index in [1.54, 1.807) is 26.4 Å². The van der Waals surface area contributed by atoms with E-state index in [0.717, 1.165) is 51.1 Å². The summed E-state index contributed by atoms with van der Waals surface area (Å²) in [5, 5.41) is 9.73. The van der Waals surface area contributed by atoms with Crippen LogP contribution in [-0.2, 0) is 0 Å². The van der Waals surface area contributed by atoms with Crippen LogP contribution in [0.5, 0.6) is 11.5 Å². The molecule has 1 aromatic heterocycles. The van der Waals surface area contributed by atoms with Gasteiger partial charge >= 0.3 is 0 Å². The lowest BCUT2D eigenvalue weighted by Crippen LogP contribution is -2.18. The van der Waals surface area contributed by atoms with Crippen molar-refractivity contribution in [3.05, 3.63) is 95.1 Å². The molecule has 0 N–H and O–H groups in total. The van der Waals surface area contributed by atoms with E-state index in [-0.39, 0.29) is 28.8 Å². The fraction of sp³-hybridized carbons (Fsp3) is 0.154. The second-order valence-corrected chi connectivity index (χ2v) is 8.47. The number of hydrogen-bond acceptors (Lipinski definition) is 6. The molecule has 0 amide bonds.